The summed E-state index contributed by atoms with van der Waals surface area (Å²) in [5, 5.41) is 10.5. The number of thiophene rings is 1. The number of fused-ring (bicyclic) bond motifs is 3. The van der Waals surface area contributed by atoms with E-state index in [-0.39, 0.29) is 18.2 Å². The van der Waals surface area contributed by atoms with E-state index in [2.05, 4.69) is 13.8 Å². The predicted molar refractivity (Wildman–Crippen MR) is 109 cm³/mol. The van der Waals surface area contributed by atoms with E-state index in [1.54, 1.807) is 23.1 Å². The van der Waals surface area contributed by atoms with Crippen molar-refractivity contribution in [2.24, 2.45) is 0 Å². The van der Waals surface area contributed by atoms with Crippen molar-refractivity contribution in [3.8, 4) is 0 Å². The lowest BCUT2D eigenvalue weighted by Crippen LogP contribution is -2.26. The molecular formula is C19H28N2O3S2. The van der Waals surface area contributed by atoms with Gasteiger partial charge in [-0.05, 0) is 44.6 Å². The molecule has 5 nitrogen and oxygen atoms in total. The van der Waals surface area contributed by atoms with Crippen LogP contribution in [0.1, 0.15) is 56.0 Å². The molecule has 0 saturated heterocycles. The highest BCUT2D eigenvalue weighted by Gasteiger charge is 2.23. The first-order chi connectivity index (χ1) is 12.7. The Morgan fingerprint density at radius 2 is 2.12 bits per heavy atom. The zero-order valence-corrected chi connectivity index (χ0v) is 17.3. The van der Waals surface area contributed by atoms with E-state index >= 15 is 0 Å². The van der Waals surface area contributed by atoms with E-state index in [0.29, 0.717) is 13.2 Å². The van der Waals surface area contributed by atoms with Crippen LogP contribution in [0.4, 0.5) is 0 Å². The molecule has 0 saturated carbocycles. The molecule has 144 valence electrons. The minimum absolute atomic E-state index is 0.0349. The van der Waals surface area contributed by atoms with Crippen LogP contribution in [-0.4, -0.2) is 40.2 Å². The van der Waals surface area contributed by atoms with Crippen LogP contribution in [0, 0.1) is 0 Å². The topological polar surface area (TPSA) is 64.3 Å². The zero-order valence-electron chi connectivity index (χ0n) is 15.6. The monoisotopic (exact) mass is 396 g/mol. The summed E-state index contributed by atoms with van der Waals surface area (Å²) in [6.07, 6.45) is 6.61. The first-order valence-electron chi connectivity index (χ1n) is 9.55. The van der Waals surface area contributed by atoms with Crippen LogP contribution in [0.25, 0.3) is 10.2 Å². The van der Waals surface area contributed by atoms with Gasteiger partial charge in [0.15, 0.2) is 5.16 Å². The number of aliphatic hydroxyl groups excluding tert-OH is 1. The molecule has 0 bridgehead atoms. The van der Waals surface area contributed by atoms with Gasteiger partial charge in [0, 0.05) is 16.7 Å². The van der Waals surface area contributed by atoms with Gasteiger partial charge in [0.25, 0.3) is 5.56 Å². The zero-order chi connectivity index (χ0) is 18.5. The Morgan fingerprint density at radius 1 is 1.31 bits per heavy atom. The maximum atomic E-state index is 13.4. The van der Waals surface area contributed by atoms with E-state index in [1.165, 1.54) is 29.7 Å². The Balaban J connectivity index is 1.99. The molecule has 1 aliphatic carbocycles. The van der Waals surface area contributed by atoms with E-state index in [9.17, 15) is 4.79 Å². The van der Waals surface area contributed by atoms with Crippen molar-refractivity contribution in [2.45, 2.75) is 63.6 Å². The van der Waals surface area contributed by atoms with Crippen LogP contribution in [0.2, 0.25) is 0 Å². The number of aliphatic hydroxyl groups is 1. The summed E-state index contributed by atoms with van der Waals surface area (Å²) >= 11 is 3.29. The smallest absolute Gasteiger partial charge is 0.263 e. The average Bonchev–Trinajstić information content (AvgIpc) is 2.82. The molecule has 0 aromatic carbocycles. The predicted octanol–water partition coefficient (Wildman–Crippen LogP) is 3.80. The number of rotatable bonds is 8. The normalized spacial score (nSPS) is 15.8. The number of aromatic nitrogens is 2. The first kappa shape index (κ1) is 19.9. The summed E-state index contributed by atoms with van der Waals surface area (Å²) < 4.78 is 7.23. The van der Waals surface area contributed by atoms with Crippen LogP contribution in [0.3, 0.4) is 0 Å². The fraction of sp³-hybridized carbons (Fsp3) is 0.684. The Hall–Kier alpha value is -0.890. The van der Waals surface area contributed by atoms with Gasteiger partial charge in [-0.1, -0.05) is 25.1 Å². The summed E-state index contributed by atoms with van der Waals surface area (Å²) in [5.41, 5.74) is 1.39. The van der Waals surface area contributed by atoms with Crippen LogP contribution in [0.15, 0.2) is 9.95 Å². The van der Waals surface area contributed by atoms with Gasteiger partial charge in [0.1, 0.15) is 4.83 Å². The highest BCUT2D eigenvalue weighted by Crippen LogP contribution is 2.34. The largest absolute Gasteiger partial charge is 0.394 e. The third kappa shape index (κ3) is 4.16. The molecule has 1 aliphatic rings. The van der Waals surface area contributed by atoms with Crippen molar-refractivity contribution in [3.63, 3.8) is 0 Å². The molecule has 3 rings (SSSR count). The number of nitrogens with zero attached hydrogens (tertiary/aromatic N) is 2. The molecule has 2 aromatic heterocycles. The van der Waals surface area contributed by atoms with Crippen molar-refractivity contribution in [1.29, 1.82) is 0 Å². The highest BCUT2D eigenvalue weighted by atomic mass is 32.2. The number of hydrogen-bond donors (Lipinski definition) is 1. The summed E-state index contributed by atoms with van der Waals surface area (Å²) in [6, 6.07) is 0.126. The summed E-state index contributed by atoms with van der Waals surface area (Å²) in [4.78, 5) is 20.5. The fourth-order valence-corrected chi connectivity index (χ4v) is 5.66. The Morgan fingerprint density at radius 3 is 2.88 bits per heavy atom. The second-order valence-electron chi connectivity index (χ2n) is 6.76. The molecule has 2 aromatic rings. The number of thioether (sulfide) groups is 1. The molecule has 0 radical (unpaired) electrons. The number of ether oxygens (including phenoxy) is 1. The first-order valence-corrected chi connectivity index (χ1v) is 11.4. The molecule has 0 spiro atoms. The van der Waals surface area contributed by atoms with Crippen molar-refractivity contribution in [1.82, 2.24) is 9.55 Å². The molecular weight excluding hydrogens is 368 g/mol. The minimum Gasteiger partial charge on any atom is -0.394 e. The summed E-state index contributed by atoms with van der Waals surface area (Å²) in [5.74, 6) is 0.722. The van der Waals surface area contributed by atoms with E-state index in [0.717, 1.165) is 40.4 Å². The minimum atomic E-state index is 0.0349. The molecule has 1 unspecified atom stereocenters. The molecule has 0 amide bonds. The third-order valence-corrected chi connectivity index (χ3v) is 7.07. The standard InChI is InChI=1S/C19H28N2O3S2/c1-3-13(2)21-18(23)16-14-7-5-4-6-8-15(14)26-17(16)20-19(21)25-12-11-24-10-9-22/h13,22H,3-12H2,1-2H3. The van der Waals surface area contributed by atoms with E-state index in [1.807, 2.05) is 4.57 Å². The van der Waals surface area contributed by atoms with Crippen molar-refractivity contribution < 1.29 is 9.84 Å². The molecule has 2 heterocycles. The number of aryl methyl sites for hydroxylation is 2. The van der Waals surface area contributed by atoms with Gasteiger partial charge in [-0.15, -0.1) is 11.3 Å². The Bertz CT molecular complexity index is 800. The third-order valence-electron chi connectivity index (χ3n) is 4.96. The van der Waals surface area contributed by atoms with Gasteiger partial charge in [-0.3, -0.25) is 9.36 Å². The van der Waals surface area contributed by atoms with Gasteiger partial charge < -0.3 is 9.84 Å². The lowest BCUT2D eigenvalue weighted by molar-refractivity contribution is 0.103. The van der Waals surface area contributed by atoms with Crippen LogP contribution < -0.4 is 5.56 Å². The van der Waals surface area contributed by atoms with Gasteiger partial charge in [0.05, 0.1) is 25.2 Å². The average molecular weight is 397 g/mol. The summed E-state index contributed by atoms with van der Waals surface area (Å²) in [7, 11) is 0. The van der Waals surface area contributed by atoms with Crippen LogP contribution in [0.5, 0.6) is 0 Å². The van der Waals surface area contributed by atoms with Gasteiger partial charge in [-0.2, -0.15) is 0 Å². The van der Waals surface area contributed by atoms with Crippen LogP contribution >= 0.6 is 23.1 Å². The molecule has 1 N–H and O–H groups in total. The summed E-state index contributed by atoms with van der Waals surface area (Å²) in [6.45, 7) is 5.12. The molecule has 0 aliphatic heterocycles. The molecule has 7 heteroatoms. The second-order valence-corrected chi connectivity index (χ2v) is 8.90. The Labute approximate surface area is 162 Å². The van der Waals surface area contributed by atoms with E-state index < -0.39 is 0 Å². The SMILES string of the molecule is CCC(C)n1c(SCCOCCO)nc2sc3c(c2c1=O)CCCCC3. The van der Waals surface area contributed by atoms with Crippen LogP contribution in [-0.2, 0) is 17.6 Å². The molecule has 1 atom stereocenters. The lowest BCUT2D eigenvalue weighted by Gasteiger charge is -2.17. The number of hydrogen-bond acceptors (Lipinski definition) is 6. The van der Waals surface area contributed by atoms with Crippen molar-refractivity contribution >= 4 is 33.3 Å². The molecule has 26 heavy (non-hydrogen) atoms. The second kappa shape index (κ2) is 9.35. The fourth-order valence-electron chi connectivity index (χ4n) is 3.41. The molecule has 0 fully saturated rings. The highest BCUT2D eigenvalue weighted by molar-refractivity contribution is 7.99. The van der Waals surface area contributed by atoms with Crippen molar-refractivity contribution in [3.05, 3.63) is 20.8 Å². The van der Waals surface area contributed by atoms with Gasteiger partial charge in [0.2, 0.25) is 0 Å². The maximum Gasteiger partial charge on any atom is 0.263 e. The lowest BCUT2D eigenvalue weighted by atomic mass is 10.1. The van der Waals surface area contributed by atoms with Gasteiger partial charge in [-0.25, -0.2) is 4.98 Å². The Kier molecular flexibility index (Phi) is 7.14. The van der Waals surface area contributed by atoms with Crippen molar-refractivity contribution in [2.75, 3.05) is 25.6 Å². The quantitative estimate of drug-likeness (QED) is 0.318. The van der Waals surface area contributed by atoms with Gasteiger partial charge >= 0.3 is 0 Å². The van der Waals surface area contributed by atoms with E-state index in [4.69, 9.17) is 14.8 Å². The maximum absolute atomic E-state index is 13.4.